The Kier molecular flexibility index (Phi) is 4.00. The second-order valence-corrected chi connectivity index (χ2v) is 6.06. The van der Waals surface area contributed by atoms with Crippen LogP contribution in [0, 0.1) is 17.3 Å². The van der Waals surface area contributed by atoms with Gasteiger partial charge in [0.25, 0.3) is 0 Å². The van der Waals surface area contributed by atoms with Gasteiger partial charge in [0.05, 0.1) is 0 Å². The minimum atomic E-state index is 0.603. The number of nitrogens with one attached hydrogen (secondary N) is 1. The van der Waals surface area contributed by atoms with Crippen molar-refractivity contribution in [3.8, 4) is 0 Å². The van der Waals surface area contributed by atoms with Crippen molar-refractivity contribution < 1.29 is 0 Å². The summed E-state index contributed by atoms with van der Waals surface area (Å²) in [6.45, 7) is 9.49. The van der Waals surface area contributed by atoms with Crippen molar-refractivity contribution in [1.82, 2.24) is 5.32 Å². The molecule has 0 aromatic rings. The van der Waals surface area contributed by atoms with Crippen LogP contribution >= 0.6 is 0 Å². The van der Waals surface area contributed by atoms with Crippen molar-refractivity contribution in [1.29, 1.82) is 0 Å². The third-order valence-corrected chi connectivity index (χ3v) is 3.94. The van der Waals surface area contributed by atoms with Crippen molar-refractivity contribution >= 4 is 0 Å². The Bertz CT molecular complexity index is 162. The number of hydrogen-bond donors (Lipinski definition) is 1. The summed E-state index contributed by atoms with van der Waals surface area (Å²) in [5.41, 5.74) is 0.603. The lowest BCUT2D eigenvalue weighted by atomic mass is 9.69. The third kappa shape index (κ3) is 2.98. The van der Waals surface area contributed by atoms with Gasteiger partial charge in [0, 0.05) is 6.04 Å². The lowest BCUT2D eigenvalue weighted by Gasteiger charge is -2.39. The van der Waals surface area contributed by atoms with Crippen LogP contribution in [0.5, 0.6) is 0 Å². The van der Waals surface area contributed by atoms with E-state index in [-0.39, 0.29) is 0 Å². The molecule has 1 rings (SSSR count). The molecule has 0 aromatic heterocycles. The zero-order valence-corrected chi connectivity index (χ0v) is 10.6. The average molecular weight is 197 g/mol. The molecule has 1 nitrogen and oxygen atoms in total. The predicted molar refractivity (Wildman–Crippen MR) is 63.4 cm³/mol. The summed E-state index contributed by atoms with van der Waals surface area (Å²) in [7, 11) is 2.12. The quantitative estimate of drug-likeness (QED) is 0.731. The van der Waals surface area contributed by atoms with E-state index in [2.05, 4.69) is 40.1 Å². The molecule has 0 aliphatic heterocycles. The summed E-state index contributed by atoms with van der Waals surface area (Å²) in [5, 5.41) is 3.50. The van der Waals surface area contributed by atoms with Gasteiger partial charge in [0.15, 0.2) is 0 Å². The van der Waals surface area contributed by atoms with E-state index in [4.69, 9.17) is 0 Å². The molecule has 1 aliphatic rings. The van der Waals surface area contributed by atoms with E-state index in [1.54, 1.807) is 0 Å². The minimum absolute atomic E-state index is 0.603. The second-order valence-electron chi connectivity index (χ2n) is 6.06. The molecule has 1 unspecified atom stereocenters. The van der Waals surface area contributed by atoms with E-state index in [1.807, 2.05) is 0 Å². The zero-order valence-electron chi connectivity index (χ0n) is 10.6. The minimum Gasteiger partial charge on any atom is -0.316 e. The lowest BCUT2D eigenvalue weighted by molar-refractivity contribution is 0.146. The van der Waals surface area contributed by atoms with E-state index in [1.165, 1.54) is 25.7 Å². The number of rotatable bonds is 3. The van der Waals surface area contributed by atoms with Gasteiger partial charge in [-0.1, -0.05) is 27.7 Å². The molecule has 0 saturated heterocycles. The predicted octanol–water partition coefficient (Wildman–Crippen LogP) is 3.45. The van der Waals surface area contributed by atoms with Crippen molar-refractivity contribution in [2.24, 2.45) is 17.3 Å². The van der Waals surface area contributed by atoms with Crippen LogP contribution in [0.1, 0.15) is 53.4 Å². The molecular weight excluding hydrogens is 170 g/mol. The highest BCUT2D eigenvalue weighted by molar-refractivity contribution is 4.85. The van der Waals surface area contributed by atoms with E-state index in [0.717, 1.165) is 17.9 Å². The van der Waals surface area contributed by atoms with Gasteiger partial charge in [-0.2, -0.15) is 0 Å². The van der Waals surface area contributed by atoms with E-state index >= 15 is 0 Å². The van der Waals surface area contributed by atoms with Gasteiger partial charge < -0.3 is 5.32 Å². The first-order chi connectivity index (χ1) is 6.46. The Hall–Kier alpha value is -0.0400. The van der Waals surface area contributed by atoms with Crippen molar-refractivity contribution in [2.75, 3.05) is 7.05 Å². The number of hydrogen-bond acceptors (Lipinski definition) is 1. The summed E-state index contributed by atoms with van der Waals surface area (Å²) in [4.78, 5) is 0. The second kappa shape index (κ2) is 4.65. The van der Waals surface area contributed by atoms with Gasteiger partial charge in [-0.3, -0.25) is 0 Å². The van der Waals surface area contributed by atoms with Crippen LogP contribution in [0.4, 0.5) is 0 Å². The molecule has 0 radical (unpaired) electrons. The molecular formula is C13H27N. The first kappa shape index (κ1) is 12.0. The molecule has 1 N–H and O–H groups in total. The summed E-state index contributed by atoms with van der Waals surface area (Å²) < 4.78 is 0. The van der Waals surface area contributed by atoms with Gasteiger partial charge in [-0.15, -0.1) is 0 Å². The molecule has 0 amide bonds. The molecule has 14 heavy (non-hydrogen) atoms. The highest BCUT2D eigenvalue weighted by Crippen LogP contribution is 2.40. The molecule has 0 spiro atoms. The van der Waals surface area contributed by atoms with Crippen LogP contribution in [0.2, 0.25) is 0 Å². The Labute approximate surface area is 89.7 Å². The normalized spacial score (nSPS) is 25.3. The van der Waals surface area contributed by atoms with Crippen molar-refractivity contribution in [3.63, 3.8) is 0 Å². The third-order valence-electron chi connectivity index (χ3n) is 3.94. The monoisotopic (exact) mass is 197 g/mol. The molecule has 1 saturated carbocycles. The highest BCUT2D eigenvalue weighted by Gasteiger charge is 2.31. The Balaban J connectivity index is 2.47. The Morgan fingerprint density at radius 1 is 1.14 bits per heavy atom. The SMILES string of the molecule is CNC(C(C)C)C1CCC(C)(C)CC1. The first-order valence-electron chi connectivity index (χ1n) is 6.13. The van der Waals surface area contributed by atoms with Crippen LogP contribution in [0.3, 0.4) is 0 Å². The Morgan fingerprint density at radius 3 is 2.00 bits per heavy atom. The highest BCUT2D eigenvalue weighted by atomic mass is 14.9. The van der Waals surface area contributed by atoms with Crippen molar-refractivity contribution in [3.05, 3.63) is 0 Å². The summed E-state index contributed by atoms with van der Waals surface area (Å²) in [5.74, 6) is 1.68. The maximum atomic E-state index is 3.50. The molecule has 1 heteroatoms. The summed E-state index contributed by atoms with van der Waals surface area (Å²) in [6.07, 6.45) is 5.64. The molecule has 1 atom stereocenters. The fourth-order valence-corrected chi connectivity index (χ4v) is 2.89. The molecule has 1 fully saturated rings. The maximum Gasteiger partial charge on any atom is 0.0115 e. The average Bonchev–Trinajstić information content (AvgIpc) is 2.08. The lowest BCUT2D eigenvalue weighted by Crippen LogP contribution is -2.40. The van der Waals surface area contributed by atoms with E-state index in [0.29, 0.717) is 5.41 Å². The first-order valence-corrected chi connectivity index (χ1v) is 6.13. The standard InChI is InChI=1S/C13H27N/c1-10(2)12(14-5)11-6-8-13(3,4)9-7-11/h10-12,14H,6-9H2,1-5H3. The van der Waals surface area contributed by atoms with Crippen molar-refractivity contribution in [2.45, 2.75) is 59.4 Å². The van der Waals surface area contributed by atoms with Gasteiger partial charge >= 0.3 is 0 Å². The molecule has 1 aliphatic carbocycles. The van der Waals surface area contributed by atoms with Crippen LogP contribution in [0.15, 0.2) is 0 Å². The zero-order chi connectivity index (χ0) is 10.8. The maximum absolute atomic E-state index is 3.50. The van der Waals surface area contributed by atoms with Gasteiger partial charge in [-0.25, -0.2) is 0 Å². The van der Waals surface area contributed by atoms with Gasteiger partial charge in [-0.05, 0) is 50.0 Å². The van der Waals surface area contributed by atoms with Crippen LogP contribution < -0.4 is 5.32 Å². The molecule has 0 heterocycles. The summed E-state index contributed by atoms with van der Waals surface area (Å²) >= 11 is 0. The topological polar surface area (TPSA) is 12.0 Å². The smallest absolute Gasteiger partial charge is 0.0115 e. The van der Waals surface area contributed by atoms with E-state index < -0.39 is 0 Å². The molecule has 84 valence electrons. The van der Waals surface area contributed by atoms with E-state index in [9.17, 15) is 0 Å². The van der Waals surface area contributed by atoms with Crippen LogP contribution in [-0.4, -0.2) is 13.1 Å². The fourth-order valence-electron chi connectivity index (χ4n) is 2.89. The van der Waals surface area contributed by atoms with Crippen LogP contribution in [0.25, 0.3) is 0 Å². The van der Waals surface area contributed by atoms with Crippen LogP contribution in [-0.2, 0) is 0 Å². The molecule has 0 aromatic carbocycles. The molecule has 0 bridgehead atoms. The van der Waals surface area contributed by atoms with Gasteiger partial charge in [0.2, 0.25) is 0 Å². The van der Waals surface area contributed by atoms with Gasteiger partial charge in [0.1, 0.15) is 0 Å². The largest absolute Gasteiger partial charge is 0.316 e. The summed E-state index contributed by atoms with van der Waals surface area (Å²) in [6, 6.07) is 0.728. The Morgan fingerprint density at radius 2 is 1.64 bits per heavy atom. The fraction of sp³-hybridized carbons (Fsp3) is 1.00.